The average Bonchev–Trinajstić information content (AvgIpc) is 3.29. The lowest BCUT2D eigenvalue weighted by atomic mass is 9.86. The maximum Gasteiger partial charge on any atom is 0.329 e. The van der Waals surface area contributed by atoms with E-state index in [-0.39, 0.29) is 48.9 Å². The first-order chi connectivity index (χ1) is 17.7. The SMILES string of the molecule is CCCS(=O)(=O)NC1CC(N(C)c2ncnc3c2ccn3C(=O)N(C)CCOC(=O)C2CCCCC2)C1. The van der Waals surface area contributed by atoms with Gasteiger partial charge in [-0.2, -0.15) is 0 Å². The van der Waals surface area contributed by atoms with E-state index in [0.29, 0.717) is 30.7 Å². The molecular weight excluding hydrogens is 496 g/mol. The zero-order chi connectivity index (χ0) is 26.6. The standard InChI is InChI=1S/C25H38N6O5S/c1-4-14-37(34,35)28-19-15-20(16-19)30(3)22-21-10-11-31(23(21)27-17-26-22)25(33)29(2)12-13-36-24(32)18-8-6-5-7-9-18/h10-11,17-20,28H,4-9,12-16H2,1-3H3. The molecule has 2 heterocycles. The number of rotatable bonds is 10. The molecule has 0 bridgehead atoms. The number of hydrogen-bond donors (Lipinski definition) is 1. The smallest absolute Gasteiger partial charge is 0.329 e. The topological polar surface area (TPSA) is 127 Å². The van der Waals surface area contributed by atoms with Crippen molar-refractivity contribution < 1.29 is 22.7 Å². The lowest BCUT2D eigenvalue weighted by Crippen LogP contribution is -2.53. The minimum absolute atomic E-state index is 0.0160. The summed E-state index contributed by atoms with van der Waals surface area (Å²) in [4.78, 5) is 37.7. The van der Waals surface area contributed by atoms with Crippen molar-refractivity contribution in [1.29, 1.82) is 0 Å². The molecule has 11 nitrogen and oxygen atoms in total. The molecule has 2 saturated carbocycles. The van der Waals surface area contributed by atoms with Gasteiger partial charge in [0.1, 0.15) is 18.8 Å². The fourth-order valence-electron chi connectivity index (χ4n) is 5.15. The van der Waals surface area contributed by atoms with Crippen LogP contribution in [0.25, 0.3) is 11.0 Å². The molecule has 2 aromatic heterocycles. The van der Waals surface area contributed by atoms with Crippen molar-refractivity contribution in [3.05, 3.63) is 18.6 Å². The lowest BCUT2D eigenvalue weighted by Gasteiger charge is -2.41. The third-order valence-corrected chi connectivity index (χ3v) is 9.05. The van der Waals surface area contributed by atoms with Crippen molar-refractivity contribution in [1.82, 2.24) is 24.2 Å². The number of anilines is 1. The van der Waals surface area contributed by atoms with E-state index in [4.69, 9.17) is 4.74 Å². The summed E-state index contributed by atoms with van der Waals surface area (Å²) in [7, 11) is 0.358. The number of sulfonamides is 1. The van der Waals surface area contributed by atoms with E-state index in [1.165, 1.54) is 22.2 Å². The molecule has 0 unspecified atom stereocenters. The minimum atomic E-state index is -3.24. The van der Waals surface area contributed by atoms with Crippen LogP contribution in [0.15, 0.2) is 18.6 Å². The van der Waals surface area contributed by atoms with Crippen LogP contribution in [0.1, 0.15) is 58.3 Å². The first-order valence-corrected chi connectivity index (χ1v) is 14.8. The van der Waals surface area contributed by atoms with Crippen molar-refractivity contribution in [2.24, 2.45) is 5.92 Å². The van der Waals surface area contributed by atoms with E-state index in [1.807, 2.05) is 24.9 Å². The molecule has 204 valence electrons. The quantitative estimate of drug-likeness (QED) is 0.461. The molecule has 2 aliphatic rings. The third kappa shape index (κ3) is 6.40. The Labute approximate surface area is 218 Å². The van der Waals surface area contributed by atoms with Crippen LogP contribution in [0.5, 0.6) is 0 Å². The van der Waals surface area contributed by atoms with E-state index < -0.39 is 10.0 Å². The second-order valence-electron chi connectivity index (χ2n) is 10.2. The molecule has 2 aliphatic carbocycles. The van der Waals surface area contributed by atoms with Crippen LogP contribution in [0.3, 0.4) is 0 Å². The molecule has 37 heavy (non-hydrogen) atoms. The molecule has 12 heteroatoms. The zero-order valence-electron chi connectivity index (χ0n) is 21.9. The summed E-state index contributed by atoms with van der Waals surface area (Å²) in [5.41, 5.74) is 0.493. The fourth-order valence-corrected chi connectivity index (χ4v) is 6.50. The number of nitrogens with one attached hydrogen (secondary N) is 1. The van der Waals surface area contributed by atoms with Crippen LogP contribution in [-0.2, 0) is 19.6 Å². The number of amides is 1. The van der Waals surface area contributed by atoms with E-state index in [9.17, 15) is 18.0 Å². The number of hydrogen-bond acceptors (Lipinski definition) is 8. The molecule has 0 spiro atoms. The van der Waals surface area contributed by atoms with Gasteiger partial charge in [0.25, 0.3) is 0 Å². The van der Waals surface area contributed by atoms with E-state index in [2.05, 4.69) is 14.7 Å². The average molecular weight is 535 g/mol. The molecule has 4 rings (SSSR count). The Morgan fingerprint density at radius 1 is 1.16 bits per heavy atom. The first-order valence-electron chi connectivity index (χ1n) is 13.2. The van der Waals surface area contributed by atoms with Gasteiger partial charge in [-0.3, -0.25) is 9.36 Å². The van der Waals surface area contributed by atoms with Crippen LogP contribution >= 0.6 is 0 Å². The highest BCUT2D eigenvalue weighted by Gasteiger charge is 2.35. The number of ether oxygens (including phenoxy) is 1. The molecule has 2 aromatic rings. The van der Waals surface area contributed by atoms with E-state index in [1.54, 1.807) is 13.2 Å². The second kappa shape index (κ2) is 11.8. The molecule has 1 amide bonds. The van der Waals surface area contributed by atoms with Crippen molar-refractivity contribution in [3.8, 4) is 0 Å². The maximum absolute atomic E-state index is 13.1. The van der Waals surface area contributed by atoms with Gasteiger partial charge in [0.05, 0.1) is 23.6 Å². The fraction of sp³-hybridized carbons (Fsp3) is 0.680. The lowest BCUT2D eigenvalue weighted by molar-refractivity contribution is -0.149. The highest BCUT2D eigenvalue weighted by molar-refractivity contribution is 7.89. The molecule has 0 saturated heterocycles. The van der Waals surface area contributed by atoms with Gasteiger partial charge in [-0.15, -0.1) is 0 Å². The summed E-state index contributed by atoms with van der Waals surface area (Å²) in [5.74, 6) is 0.650. The van der Waals surface area contributed by atoms with Crippen molar-refractivity contribution in [2.75, 3.05) is 37.9 Å². The molecule has 0 atom stereocenters. The number of likely N-dealkylation sites (N-methyl/N-ethyl adjacent to an activating group) is 1. The van der Waals surface area contributed by atoms with Crippen molar-refractivity contribution in [3.63, 3.8) is 0 Å². The summed E-state index contributed by atoms with van der Waals surface area (Å²) in [5, 5.41) is 0.741. The Bertz CT molecular complexity index is 1200. The van der Waals surface area contributed by atoms with Gasteiger partial charge < -0.3 is 14.5 Å². The van der Waals surface area contributed by atoms with E-state index in [0.717, 1.165) is 31.1 Å². The summed E-state index contributed by atoms with van der Waals surface area (Å²) in [6.45, 7) is 2.29. The van der Waals surface area contributed by atoms with Gasteiger partial charge in [-0.1, -0.05) is 26.2 Å². The summed E-state index contributed by atoms with van der Waals surface area (Å²) in [6.07, 6.45) is 10.1. The Morgan fingerprint density at radius 2 is 1.89 bits per heavy atom. The molecule has 1 N–H and O–H groups in total. The Kier molecular flexibility index (Phi) is 8.68. The number of esters is 1. The maximum atomic E-state index is 13.1. The molecule has 0 aliphatic heterocycles. The van der Waals surface area contributed by atoms with Gasteiger partial charge in [-0.25, -0.2) is 27.9 Å². The van der Waals surface area contributed by atoms with Crippen LogP contribution in [-0.4, -0.2) is 84.9 Å². The summed E-state index contributed by atoms with van der Waals surface area (Å²) >= 11 is 0. The number of aromatic nitrogens is 3. The second-order valence-corrected chi connectivity index (χ2v) is 12.1. The van der Waals surface area contributed by atoms with Gasteiger partial charge >= 0.3 is 12.0 Å². The largest absolute Gasteiger partial charge is 0.464 e. The predicted molar refractivity (Wildman–Crippen MR) is 141 cm³/mol. The Morgan fingerprint density at radius 3 is 2.59 bits per heavy atom. The zero-order valence-corrected chi connectivity index (χ0v) is 22.7. The molecule has 0 aromatic carbocycles. The highest BCUT2D eigenvalue weighted by atomic mass is 32.2. The monoisotopic (exact) mass is 534 g/mol. The number of fused-ring (bicyclic) bond motifs is 1. The highest BCUT2D eigenvalue weighted by Crippen LogP contribution is 2.32. The minimum Gasteiger partial charge on any atom is -0.464 e. The normalized spacial score (nSPS) is 20.4. The molecular formula is C25H38N6O5S. The Balaban J connectivity index is 1.34. The van der Waals surface area contributed by atoms with Crippen LogP contribution in [0.2, 0.25) is 0 Å². The van der Waals surface area contributed by atoms with Gasteiger partial charge in [0.15, 0.2) is 5.65 Å². The van der Waals surface area contributed by atoms with Crippen LogP contribution in [0.4, 0.5) is 10.6 Å². The number of carbonyl (C=O) groups excluding carboxylic acids is 2. The third-order valence-electron chi connectivity index (χ3n) is 7.42. The van der Waals surface area contributed by atoms with E-state index >= 15 is 0 Å². The first kappa shape index (κ1) is 27.3. The molecule has 2 fully saturated rings. The summed E-state index contributed by atoms with van der Waals surface area (Å²) in [6, 6.07) is 1.60. The van der Waals surface area contributed by atoms with Crippen LogP contribution in [0, 0.1) is 5.92 Å². The summed E-state index contributed by atoms with van der Waals surface area (Å²) < 4.78 is 33.8. The van der Waals surface area contributed by atoms with Crippen molar-refractivity contribution >= 4 is 38.9 Å². The van der Waals surface area contributed by atoms with Crippen molar-refractivity contribution in [2.45, 2.75) is 70.4 Å². The molecule has 0 radical (unpaired) electrons. The van der Waals surface area contributed by atoms with Gasteiger partial charge in [0.2, 0.25) is 10.0 Å². The van der Waals surface area contributed by atoms with Gasteiger partial charge in [-0.05, 0) is 38.2 Å². The predicted octanol–water partition coefficient (Wildman–Crippen LogP) is 2.75. The van der Waals surface area contributed by atoms with Crippen LogP contribution < -0.4 is 9.62 Å². The van der Waals surface area contributed by atoms with Gasteiger partial charge in [0, 0.05) is 32.4 Å². The number of nitrogens with zero attached hydrogens (tertiary/aromatic N) is 5. The number of carbonyl (C=O) groups is 2. The Hall–Kier alpha value is -2.73.